The molecular formula is C13H22N4O2. The molecule has 2 rings (SSSR count). The van der Waals surface area contributed by atoms with Gasteiger partial charge in [-0.05, 0) is 27.2 Å². The van der Waals surface area contributed by atoms with Crippen LogP contribution in [0.4, 0.5) is 4.79 Å². The Bertz CT molecular complexity index is 379. The summed E-state index contributed by atoms with van der Waals surface area (Å²) >= 11 is 0. The fourth-order valence-corrected chi connectivity index (χ4v) is 2.51. The normalized spacial score (nSPS) is 24.7. The van der Waals surface area contributed by atoms with Gasteiger partial charge < -0.3 is 15.0 Å². The molecular weight excluding hydrogens is 244 g/mol. The molecule has 19 heavy (non-hydrogen) atoms. The third-order valence-electron chi connectivity index (χ3n) is 3.45. The third kappa shape index (κ3) is 3.74. The van der Waals surface area contributed by atoms with E-state index in [4.69, 9.17) is 10.00 Å². The SMILES string of the molecule is CC(C)(C)OC(=O)NC1CN([C@@H]2CCN(C#N)C2)C1. The van der Waals surface area contributed by atoms with Crippen molar-refractivity contribution in [2.75, 3.05) is 26.2 Å². The van der Waals surface area contributed by atoms with Gasteiger partial charge in [0.05, 0.1) is 6.04 Å². The Morgan fingerprint density at radius 2 is 2.05 bits per heavy atom. The van der Waals surface area contributed by atoms with Gasteiger partial charge in [-0.2, -0.15) is 5.26 Å². The summed E-state index contributed by atoms with van der Waals surface area (Å²) < 4.78 is 5.22. The zero-order valence-electron chi connectivity index (χ0n) is 11.8. The van der Waals surface area contributed by atoms with Crippen LogP contribution in [0.25, 0.3) is 0 Å². The topological polar surface area (TPSA) is 68.6 Å². The minimum absolute atomic E-state index is 0.172. The molecule has 6 heteroatoms. The third-order valence-corrected chi connectivity index (χ3v) is 3.45. The number of rotatable bonds is 2. The maximum absolute atomic E-state index is 11.6. The molecule has 0 spiro atoms. The molecule has 2 saturated heterocycles. The Morgan fingerprint density at radius 1 is 1.37 bits per heavy atom. The Hall–Kier alpha value is -1.48. The predicted octanol–water partition coefficient (Wildman–Crippen LogP) is 0.751. The summed E-state index contributed by atoms with van der Waals surface area (Å²) in [7, 11) is 0. The summed E-state index contributed by atoms with van der Waals surface area (Å²) in [5.74, 6) is 0. The fraction of sp³-hybridized carbons (Fsp3) is 0.846. The highest BCUT2D eigenvalue weighted by Crippen LogP contribution is 2.20. The van der Waals surface area contributed by atoms with Crippen molar-refractivity contribution in [2.24, 2.45) is 0 Å². The first-order chi connectivity index (χ1) is 8.87. The molecule has 0 saturated carbocycles. The van der Waals surface area contributed by atoms with Gasteiger partial charge in [-0.15, -0.1) is 0 Å². The largest absolute Gasteiger partial charge is 0.444 e. The molecule has 0 aromatic heterocycles. The molecule has 2 fully saturated rings. The highest BCUT2D eigenvalue weighted by Gasteiger charge is 2.37. The van der Waals surface area contributed by atoms with Crippen LogP contribution in [0, 0.1) is 11.5 Å². The average Bonchev–Trinajstić information content (AvgIpc) is 2.68. The maximum Gasteiger partial charge on any atom is 0.407 e. The summed E-state index contributed by atoms with van der Waals surface area (Å²) in [6.45, 7) is 8.93. The number of nitrogens with zero attached hydrogens (tertiary/aromatic N) is 3. The van der Waals surface area contributed by atoms with Gasteiger partial charge in [-0.25, -0.2) is 4.79 Å². The van der Waals surface area contributed by atoms with Crippen molar-refractivity contribution in [3.63, 3.8) is 0 Å². The number of alkyl carbamates (subject to hydrolysis) is 1. The average molecular weight is 266 g/mol. The number of carbonyl (C=O) groups is 1. The second-order valence-corrected chi connectivity index (χ2v) is 6.29. The molecule has 6 nitrogen and oxygen atoms in total. The second kappa shape index (κ2) is 5.25. The van der Waals surface area contributed by atoms with Gasteiger partial charge >= 0.3 is 6.09 Å². The number of likely N-dealkylation sites (tertiary alicyclic amines) is 2. The molecule has 0 unspecified atom stereocenters. The standard InChI is InChI=1S/C13H22N4O2/c1-13(2,3)19-12(18)15-10-6-17(7-10)11-4-5-16(8-11)9-14/h10-11H,4-8H2,1-3H3,(H,15,18)/t11-/m1/s1. The Balaban J connectivity index is 1.67. The van der Waals surface area contributed by atoms with Gasteiger partial charge in [-0.1, -0.05) is 0 Å². The quantitative estimate of drug-likeness (QED) is 0.747. The second-order valence-electron chi connectivity index (χ2n) is 6.29. The predicted molar refractivity (Wildman–Crippen MR) is 70.3 cm³/mol. The van der Waals surface area contributed by atoms with Crippen LogP contribution in [-0.4, -0.2) is 59.8 Å². The zero-order valence-corrected chi connectivity index (χ0v) is 11.8. The first kappa shape index (κ1) is 13.9. The Morgan fingerprint density at radius 3 is 2.58 bits per heavy atom. The first-order valence-electron chi connectivity index (χ1n) is 6.75. The lowest BCUT2D eigenvalue weighted by Gasteiger charge is -2.43. The van der Waals surface area contributed by atoms with Crippen LogP contribution in [0.2, 0.25) is 0 Å². The minimum Gasteiger partial charge on any atom is -0.444 e. The summed E-state index contributed by atoms with van der Waals surface area (Å²) in [6, 6.07) is 0.627. The number of nitrogens with one attached hydrogen (secondary N) is 1. The minimum atomic E-state index is -0.452. The number of ether oxygens (including phenoxy) is 1. The Kier molecular flexibility index (Phi) is 3.85. The number of hydrogen-bond acceptors (Lipinski definition) is 5. The van der Waals surface area contributed by atoms with Gasteiger partial charge in [0, 0.05) is 32.2 Å². The molecule has 2 heterocycles. The first-order valence-corrected chi connectivity index (χ1v) is 6.75. The molecule has 0 aromatic carbocycles. The van der Waals surface area contributed by atoms with E-state index in [1.165, 1.54) is 0 Å². The van der Waals surface area contributed by atoms with E-state index in [0.717, 1.165) is 32.6 Å². The van der Waals surface area contributed by atoms with Crippen LogP contribution in [0.15, 0.2) is 0 Å². The number of amides is 1. The molecule has 1 atom stereocenters. The van der Waals surface area contributed by atoms with Gasteiger partial charge in [-0.3, -0.25) is 4.90 Å². The van der Waals surface area contributed by atoms with E-state index < -0.39 is 5.60 Å². The molecule has 106 valence electrons. The van der Waals surface area contributed by atoms with Crippen LogP contribution in [0.3, 0.4) is 0 Å². The summed E-state index contributed by atoms with van der Waals surface area (Å²) in [5.41, 5.74) is -0.452. The van der Waals surface area contributed by atoms with Crippen molar-refractivity contribution in [3.8, 4) is 6.19 Å². The van der Waals surface area contributed by atoms with Crippen molar-refractivity contribution < 1.29 is 9.53 Å². The molecule has 0 aromatic rings. The van der Waals surface area contributed by atoms with E-state index in [-0.39, 0.29) is 12.1 Å². The van der Waals surface area contributed by atoms with Gasteiger partial charge in [0.15, 0.2) is 6.19 Å². The lowest BCUT2D eigenvalue weighted by Crippen LogP contribution is -2.62. The number of nitriles is 1. The van der Waals surface area contributed by atoms with Crippen molar-refractivity contribution in [3.05, 3.63) is 0 Å². The maximum atomic E-state index is 11.6. The van der Waals surface area contributed by atoms with Gasteiger partial charge in [0.2, 0.25) is 0 Å². The van der Waals surface area contributed by atoms with Crippen LogP contribution in [0.5, 0.6) is 0 Å². The van der Waals surface area contributed by atoms with Crippen molar-refractivity contribution >= 4 is 6.09 Å². The molecule has 0 aliphatic carbocycles. The Labute approximate surface area is 114 Å². The monoisotopic (exact) mass is 266 g/mol. The highest BCUT2D eigenvalue weighted by atomic mass is 16.6. The number of carbonyl (C=O) groups excluding carboxylic acids is 1. The molecule has 2 aliphatic rings. The molecule has 0 bridgehead atoms. The van der Waals surface area contributed by atoms with Gasteiger partial charge in [0.25, 0.3) is 0 Å². The smallest absolute Gasteiger partial charge is 0.407 e. The molecule has 0 radical (unpaired) electrons. The van der Waals surface area contributed by atoms with Crippen LogP contribution < -0.4 is 5.32 Å². The summed E-state index contributed by atoms with van der Waals surface area (Å²) in [6.07, 6.45) is 2.87. The van der Waals surface area contributed by atoms with E-state index >= 15 is 0 Å². The fourth-order valence-electron chi connectivity index (χ4n) is 2.51. The van der Waals surface area contributed by atoms with E-state index in [2.05, 4.69) is 16.4 Å². The van der Waals surface area contributed by atoms with Crippen LogP contribution >= 0.6 is 0 Å². The summed E-state index contributed by atoms with van der Waals surface area (Å²) in [5, 5.41) is 11.7. The van der Waals surface area contributed by atoms with Crippen LogP contribution in [-0.2, 0) is 4.74 Å². The molecule has 1 amide bonds. The molecule has 2 aliphatic heterocycles. The van der Waals surface area contributed by atoms with E-state index in [1.54, 1.807) is 4.90 Å². The lowest BCUT2D eigenvalue weighted by atomic mass is 10.0. The molecule has 1 N–H and O–H groups in total. The van der Waals surface area contributed by atoms with E-state index in [0.29, 0.717) is 6.04 Å². The zero-order chi connectivity index (χ0) is 14.0. The van der Waals surface area contributed by atoms with Crippen molar-refractivity contribution in [1.29, 1.82) is 5.26 Å². The van der Waals surface area contributed by atoms with E-state index in [9.17, 15) is 4.79 Å². The number of hydrogen-bond donors (Lipinski definition) is 1. The van der Waals surface area contributed by atoms with Crippen molar-refractivity contribution in [1.82, 2.24) is 15.1 Å². The highest BCUT2D eigenvalue weighted by molar-refractivity contribution is 5.68. The van der Waals surface area contributed by atoms with Crippen LogP contribution in [0.1, 0.15) is 27.2 Å². The lowest BCUT2D eigenvalue weighted by molar-refractivity contribution is 0.0334. The van der Waals surface area contributed by atoms with E-state index in [1.807, 2.05) is 20.8 Å². The van der Waals surface area contributed by atoms with Crippen molar-refractivity contribution in [2.45, 2.75) is 44.9 Å². The summed E-state index contributed by atoms with van der Waals surface area (Å²) in [4.78, 5) is 15.7. The van der Waals surface area contributed by atoms with Gasteiger partial charge in [0.1, 0.15) is 5.60 Å².